The van der Waals surface area contributed by atoms with Gasteiger partial charge in [-0.15, -0.1) is 0 Å². The van der Waals surface area contributed by atoms with E-state index in [1.807, 2.05) is 121 Å². The number of hydrogen-bond donors (Lipinski definition) is 0. The smallest absolute Gasteiger partial charge is 0.230 e. The van der Waals surface area contributed by atoms with Crippen LogP contribution in [0.1, 0.15) is 22.3 Å². The molecular weight excluding hydrogens is 428 g/mol. The number of para-hydroxylation sites is 2. The van der Waals surface area contributed by atoms with Crippen molar-refractivity contribution < 1.29 is 9.47 Å². The molecule has 0 fully saturated rings. The standard InChI is InChI=1S/C33H28O2/c1-3-15-28(16-4-1)19-7-9-21-30-23-11-13-25-32(30)34-27-35-33-26-14-12-24-31(33)22-10-8-20-29-17-5-2-6-18-29/h1-26H,27H2/b19-7+,20-8+,21-9+,22-10+. The summed E-state index contributed by atoms with van der Waals surface area (Å²) in [7, 11) is 0. The number of hydrogen-bond acceptors (Lipinski definition) is 2. The van der Waals surface area contributed by atoms with Crippen LogP contribution in [0.15, 0.2) is 133 Å². The van der Waals surface area contributed by atoms with Gasteiger partial charge in [-0.3, -0.25) is 0 Å². The Bertz CT molecular complexity index is 1200. The minimum atomic E-state index is 0.120. The van der Waals surface area contributed by atoms with Crippen molar-refractivity contribution in [2.24, 2.45) is 0 Å². The molecule has 0 unspecified atom stereocenters. The second kappa shape index (κ2) is 13.2. The Hall–Kier alpha value is -4.56. The summed E-state index contributed by atoms with van der Waals surface area (Å²) < 4.78 is 11.9. The van der Waals surface area contributed by atoms with Crippen LogP contribution >= 0.6 is 0 Å². The van der Waals surface area contributed by atoms with Crippen molar-refractivity contribution in [3.63, 3.8) is 0 Å². The zero-order valence-corrected chi connectivity index (χ0v) is 19.5. The van der Waals surface area contributed by atoms with E-state index in [4.69, 9.17) is 9.47 Å². The highest BCUT2D eigenvalue weighted by atomic mass is 16.7. The first-order valence-corrected chi connectivity index (χ1v) is 11.6. The van der Waals surface area contributed by atoms with E-state index in [2.05, 4.69) is 36.4 Å². The van der Waals surface area contributed by atoms with Gasteiger partial charge < -0.3 is 9.47 Å². The number of allylic oxidation sites excluding steroid dienone is 4. The van der Waals surface area contributed by atoms with Crippen LogP contribution in [0.3, 0.4) is 0 Å². The van der Waals surface area contributed by atoms with Gasteiger partial charge in [-0.1, -0.05) is 146 Å². The molecular formula is C33H28O2. The molecule has 172 valence electrons. The van der Waals surface area contributed by atoms with Crippen molar-refractivity contribution in [3.8, 4) is 11.5 Å². The van der Waals surface area contributed by atoms with Gasteiger partial charge in [-0.05, 0) is 23.3 Å². The first-order valence-electron chi connectivity index (χ1n) is 11.6. The maximum absolute atomic E-state index is 5.96. The Morgan fingerprint density at radius 3 is 1.23 bits per heavy atom. The van der Waals surface area contributed by atoms with Crippen molar-refractivity contribution in [1.29, 1.82) is 0 Å². The van der Waals surface area contributed by atoms with Crippen LogP contribution in [0.2, 0.25) is 0 Å². The second-order valence-electron chi connectivity index (χ2n) is 7.74. The van der Waals surface area contributed by atoms with Gasteiger partial charge in [-0.25, -0.2) is 0 Å². The molecule has 0 aromatic heterocycles. The SMILES string of the molecule is C(/C=C/c1ccccc1OCOc1ccccc1/C=C/C=C/c1ccccc1)=C\c1ccccc1. The first-order chi connectivity index (χ1) is 17.4. The normalized spacial score (nSPS) is 11.7. The lowest BCUT2D eigenvalue weighted by molar-refractivity contribution is 0.119. The van der Waals surface area contributed by atoms with Crippen LogP contribution in [-0.2, 0) is 0 Å². The third-order valence-corrected chi connectivity index (χ3v) is 5.22. The van der Waals surface area contributed by atoms with Gasteiger partial charge in [0.2, 0.25) is 6.79 Å². The third-order valence-electron chi connectivity index (χ3n) is 5.22. The summed E-state index contributed by atoms with van der Waals surface area (Å²) >= 11 is 0. The molecule has 0 saturated heterocycles. The molecule has 35 heavy (non-hydrogen) atoms. The minimum Gasteiger partial charge on any atom is -0.457 e. The lowest BCUT2D eigenvalue weighted by Crippen LogP contribution is -2.07. The van der Waals surface area contributed by atoms with E-state index < -0.39 is 0 Å². The molecule has 0 saturated carbocycles. The summed E-state index contributed by atoms with van der Waals surface area (Å²) in [6.45, 7) is 0.120. The van der Waals surface area contributed by atoms with Crippen molar-refractivity contribution in [1.82, 2.24) is 0 Å². The molecule has 0 radical (unpaired) electrons. The van der Waals surface area contributed by atoms with E-state index in [-0.39, 0.29) is 6.79 Å². The number of rotatable bonds is 10. The number of ether oxygens (including phenoxy) is 2. The highest BCUT2D eigenvalue weighted by Gasteiger charge is 2.02. The minimum absolute atomic E-state index is 0.120. The lowest BCUT2D eigenvalue weighted by atomic mass is 10.1. The molecule has 0 N–H and O–H groups in total. The average Bonchev–Trinajstić information content (AvgIpc) is 2.92. The van der Waals surface area contributed by atoms with Crippen LogP contribution in [0.5, 0.6) is 11.5 Å². The van der Waals surface area contributed by atoms with E-state index in [1.165, 1.54) is 11.1 Å². The Balaban J connectivity index is 1.34. The lowest BCUT2D eigenvalue weighted by Gasteiger charge is -2.12. The summed E-state index contributed by atoms with van der Waals surface area (Å²) in [5.41, 5.74) is 4.32. The monoisotopic (exact) mass is 456 g/mol. The van der Waals surface area contributed by atoms with Gasteiger partial charge in [0, 0.05) is 11.1 Å². The summed E-state index contributed by atoms with van der Waals surface area (Å²) in [6.07, 6.45) is 16.3. The van der Waals surface area contributed by atoms with Crippen LogP contribution in [-0.4, -0.2) is 6.79 Å². The molecule has 2 heteroatoms. The van der Waals surface area contributed by atoms with E-state index in [0.29, 0.717) is 0 Å². The maximum Gasteiger partial charge on any atom is 0.230 e. The molecule has 0 spiro atoms. The largest absolute Gasteiger partial charge is 0.457 e. The van der Waals surface area contributed by atoms with Crippen LogP contribution in [0.4, 0.5) is 0 Å². The summed E-state index contributed by atoms with van der Waals surface area (Å²) in [5.74, 6) is 1.55. The molecule has 4 aromatic carbocycles. The van der Waals surface area contributed by atoms with Crippen LogP contribution < -0.4 is 9.47 Å². The molecule has 0 aliphatic heterocycles. The highest BCUT2D eigenvalue weighted by molar-refractivity contribution is 5.62. The van der Waals surface area contributed by atoms with Crippen LogP contribution in [0.25, 0.3) is 24.3 Å². The molecule has 0 atom stereocenters. The Kier molecular flexibility index (Phi) is 8.91. The maximum atomic E-state index is 5.96. The summed E-state index contributed by atoms with van der Waals surface area (Å²) in [4.78, 5) is 0. The predicted octanol–water partition coefficient (Wildman–Crippen LogP) is 8.56. The zero-order valence-electron chi connectivity index (χ0n) is 19.5. The van der Waals surface area contributed by atoms with Crippen LogP contribution in [0, 0.1) is 0 Å². The molecule has 0 aliphatic carbocycles. The molecule has 2 nitrogen and oxygen atoms in total. The van der Waals surface area contributed by atoms with Gasteiger partial charge >= 0.3 is 0 Å². The average molecular weight is 457 g/mol. The molecule has 0 amide bonds. The molecule has 0 heterocycles. The van der Waals surface area contributed by atoms with E-state index in [0.717, 1.165) is 22.6 Å². The fourth-order valence-electron chi connectivity index (χ4n) is 3.44. The topological polar surface area (TPSA) is 18.5 Å². The predicted molar refractivity (Wildman–Crippen MR) is 148 cm³/mol. The van der Waals surface area contributed by atoms with Gasteiger partial charge in [0.25, 0.3) is 0 Å². The Labute approximate surface area is 207 Å². The van der Waals surface area contributed by atoms with Crippen molar-refractivity contribution in [2.75, 3.05) is 6.79 Å². The van der Waals surface area contributed by atoms with E-state index >= 15 is 0 Å². The van der Waals surface area contributed by atoms with Crippen molar-refractivity contribution in [2.45, 2.75) is 0 Å². The van der Waals surface area contributed by atoms with Gasteiger partial charge in [0.1, 0.15) is 11.5 Å². The zero-order chi connectivity index (χ0) is 24.0. The summed E-state index contributed by atoms with van der Waals surface area (Å²) in [5, 5.41) is 0. The van der Waals surface area contributed by atoms with Gasteiger partial charge in [0.05, 0.1) is 0 Å². The highest BCUT2D eigenvalue weighted by Crippen LogP contribution is 2.22. The molecule has 4 rings (SSSR count). The van der Waals surface area contributed by atoms with Gasteiger partial charge in [0.15, 0.2) is 0 Å². The van der Waals surface area contributed by atoms with E-state index in [1.54, 1.807) is 0 Å². The third kappa shape index (κ3) is 7.76. The second-order valence-corrected chi connectivity index (χ2v) is 7.74. The van der Waals surface area contributed by atoms with Crippen molar-refractivity contribution in [3.05, 3.63) is 156 Å². The van der Waals surface area contributed by atoms with Gasteiger partial charge in [-0.2, -0.15) is 0 Å². The summed E-state index contributed by atoms with van der Waals surface area (Å²) in [6, 6.07) is 36.3. The molecule has 4 aromatic rings. The Morgan fingerprint density at radius 2 is 0.771 bits per heavy atom. The fourth-order valence-corrected chi connectivity index (χ4v) is 3.44. The molecule has 0 aliphatic rings. The molecule has 0 bridgehead atoms. The Morgan fingerprint density at radius 1 is 0.400 bits per heavy atom. The van der Waals surface area contributed by atoms with E-state index in [9.17, 15) is 0 Å². The first kappa shape index (κ1) is 23.6. The quantitative estimate of drug-likeness (QED) is 0.176. The fraction of sp³-hybridized carbons (Fsp3) is 0.0303. The van der Waals surface area contributed by atoms with Crippen molar-refractivity contribution >= 4 is 24.3 Å². The number of benzene rings is 4.